The molecule has 3 rings (SSSR count). The number of hydrogen-bond acceptors (Lipinski definition) is 2. The van der Waals surface area contributed by atoms with E-state index in [1.807, 2.05) is 12.3 Å². The SMILES string of the molecule is CC1CCCCCC1n1c(CCl)nc2cc(Br)cnc21. The summed E-state index contributed by atoms with van der Waals surface area (Å²) in [6.07, 6.45) is 8.28. The number of aromatic nitrogens is 3. The molecule has 1 aliphatic rings. The van der Waals surface area contributed by atoms with Crippen molar-refractivity contribution in [3.05, 3.63) is 22.6 Å². The van der Waals surface area contributed by atoms with Crippen molar-refractivity contribution in [2.75, 3.05) is 0 Å². The predicted molar refractivity (Wildman–Crippen MR) is 86.1 cm³/mol. The lowest BCUT2D eigenvalue weighted by molar-refractivity contribution is 0.334. The van der Waals surface area contributed by atoms with Gasteiger partial charge in [0.15, 0.2) is 5.65 Å². The number of fused-ring (bicyclic) bond motifs is 1. The Labute approximate surface area is 132 Å². The Kier molecular flexibility index (Phi) is 4.32. The molecule has 3 nitrogen and oxygen atoms in total. The van der Waals surface area contributed by atoms with E-state index in [9.17, 15) is 0 Å². The van der Waals surface area contributed by atoms with Crippen LogP contribution in [-0.4, -0.2) is 14.5 Å². The summed E-state index contributed by atoms with van der Waals surface area (Å²) < 4.78 is 3.26. The maximum Gasteiger partial charge on any atom is 0.160 e. The van der Waals surface area contributed by atoms with E-state index in [-0.39, 0.29) is 0 Å². The molecule has 108 valence electrons. The summed E-state index contributed by atoms with van der Waals surface area (Å²) in [5.74, 6) is 2.05. The third-order valence-electron chi connectivity index (χ3n) is 4.34. The number of rotatable bonds is 2. The van der Waals surface area contributed by atoms with E-state index in [1.54, 1.807) is 0 Å². The van der Waals surface area contributed by atoms with Crippen molar-refractivity contribution in [1.29, 1.82) is 0 Å². The standard InChI is InChI=1S/C15H19BrClN3/c1-10-5-3-2-4-6-13(10)20-14(8-17)19-12-7-11(16)9-18-15(12)20/h7,9-10,13H,2-6,8H2,1H3. The van der Waals surface area contributed by atoms with Crippen molar-refractivity contribution in [1.82, 2.24) is 14.5 Å². The number of pyridine rings is 1. The van der Waals surface area contributed by atoms with Crippen molar-refractivity contribution in [2.45, 2.75) is 50.9 Å². The van der Waals surface area contributed by atoms with Crippen molar-refractivity contribution < 1.29 is 0 Å². The minimum atomic E-state index is 0.442. The Morgan fingerprint density at radius 2 is 2.15 bits per heavy atom. The van der Waals surface area contributed by atoms with Gasteiger partial charge in [-0.05, 0) is 40.8 Å². The van der Waals surface area contributed by atoms with Gasteiger partial charge >= 0.3 is 0 Å². The van der Waals surface area contributed by atoms with Gasteiger partial charge in [-0.25, -0.2) is 9.97 Å². The van der Waals surface area contributed by atoms with Crippen LogP contribution in [0.3, 0.4) is 0 Å². The molecule has 2 heterocycles. The number of hydrogen-bond donors (Lipinski definition) is 0. The van der Waals surface area contributed by atoms with Gasteiger partial charge in [-0.15, -0.1) is 11.6 Å². The number of halogens is 2. The van der Waals surface area contributed by atoms with Crippen LogP contribution in [0.25, 0.3) is 11.2 Å². The molecule has 0 radical (unpaired) electrons. The molecule has 0 aliphatic heterocycles. The monoisotopic (exact) mass is 355 g/mol. The van der Waals surface area contributed by atoms with E-state index in [0.29, 0.717) is 17.8 Å². The molecule has 2 aromatic rings. The highest BCUT2D eigenvalue weighted by molar-refractivity contribution is 9.10. The average molecular weight is 357 g/mol. The fraction of sp³-hybridized carbons (Fsp3) is 0.600. The van der Waals surface area contributed by atoms with Crippen LogP contribution < -0.4 is 0 Å². The van der Waals surface area contributed by atoms with Crippen LogP contribution in [0.2, 0.25) is 0 Å². The second-order valence-corrected chi connectivity index (χ2v) is 6.89. The molecule has 0 spiro atoms. The first-order valence-electron chi connectivity index (χ1n) is 7.29. The largest absolute Gasteiger partial charge is 0.308 e. The highest BCUT2D eigenvalue weighted by atomic mass is 79.9. The Morgan fingerprint density at radius 1 is 1.35 bits per heavy atom. The first kappa shape index (κ1) is 14.3. The van der Waals surface area contributed by atoms with Crippen LogP contribution in [0.4, 0.5) is 0 Å². The van der Waals surface area contributed by atoms with E-state index in [1.165, 1.54) is 32.1 Å². The molecule has 0 saturated heterocycles. The fourth-order valence-electron chi connectivity index (χ4n) is 3.30. The lowest BCUT2D eigenvalue weighted by atomic mass is 9.96. The molecule has 0 bridgehead atoms. The second-order valence-electron chi connectivity index (χ2n) is 5.71. The van der Waals surface area contributed by atoms with E-state index in [2.05, 4.69) is 37.4 Å². The fourth-order valence-corrected chi connectivity index (χ4v) is 3.81. The lowest BCUT2D eigenvalue weighted by Gasteiger charge is -2.25. The van der Waals surface area contributed by atoms with Crippen LogP contribution in [-0.2, 0) is 5.88 Å². The minimum absolute atomic E-state index is 0.442. The quantitative estimate of drug-likeness (QED) is 0.555. The van der Waals surface area contributed by atoms with Gasteiger partial charge in [-0.3, -0.25) is 0 Å². The highest BCUT2D eigenvalue weighted by Gasteiger charge is 2.26. The molecule has 1 saturated carbocycles. The molecule has 20 heavy (non-hydrogen) atoms. The maximum absolute atomic E-state index is 6.13. The molecule has 2 aromatic heterocycles. The molecule has 0 amide bonds. The molecule has 2 unspecified atom stereocenters. The van der Waals surface area contributed by atoms with Gasteiger partial charge < -0.3 is 4.57 Å². The molecule has 1 fully saturated rings. The molecule has 0 N–H and O–H groups in total. The summed E-state index contributed by atoms with van der Waals surface area (Å²) >= 11 is 9.59. The van der Waals surface area contributed by atoms with Gasteiger partial charge in [0.25, 0.3) is 0 Å². The zero-order valence-electron chi connectivity index (χ0n) is 11.6. The summed E-state index contributed by atoms with van der Waals surface area (Å²) in [4.78, 5) is 9.26. The van der Waals surface area contributed by atoms with Crippen LogP contribution >= 0.6 is 27.5 Å². The first-order chi connectivity index (χ1) is 9.70. The van der Waals surface area contributed by atoms with Gasteiger partial charge in [-0.1, -0.05) is 26.2 Å². The molecule has 0 aromatic carbocycles. The second kappa shape index (κ2) is 6.02. The third kappa shape index (κ3) is 2.60. The zero-order valence-corrected chi connectivity index (χ0v) is 14.0. The maximum atomic E-state index is 6.13. The van der Waals surface area contributed by atoms with Gasteiger partial charge in [0.2, 0.25) is 0 Å². The topological polar surface area (TPSA) is 30.7 Å². The Balaban J connectivity index is 2.12. The van der Waals surface area contributed by atoms with Crippen molar-refractivity contribution in [3.63, 3.8) is 0 Å². The Bertz CT molecular complexity index is 610. The third-order valence-corrected chi connectivity index (χ3v) is 5.01. The van der Waals surface area contributed by atoms with E-state index in [4.69, 9.17) is 11.6 Å². The minimum Gasteiger partial charge on any atom is -0.308 e. The zero-order chi connectivity index (χ0) is 14.1. The highest BCUT2D eigenvalue weighted by Crippen LogP contribution is 2.35. The summed E-state index contributed by atoms with van der Waals surface area (Å²) in [5, 5.41) is 0. The van der Waals surface area contributed by atoms with Gasteiger partial charge in [0, 0.05) is 16.7 Å². The molecule has 2 atom stereocenters. The van der Waals surface area contributed by atoms with Crippen molar-refractivity contribution in [3.8, 4) is 0 Å². The normalized spacial score (nSPS) is 23.9. The van der Waals surface area contributed by atoms with E-state index < -0.39 is 0 Å². The Morgan fingerprint density at radius 3 is 2.95 bits per heavy atom. The van der Waals surface area contributed by atoms with Crippen LogP contribution in [0.1, 0.15) is 50.9 Å². The van der Waals surface area contributed by atoms with Crippen LogP contribution in [0.5, 0.6) is 0 Å². The summed E-state index contributed by atoms with van der Waals surface area (Å²) in [6, 6.07) is 2.50. The predicted octanol–water partition coefficient (Wildman–Crippen LogP) is 5.07. The molecule has 1 aliphatic carbocycles. The van der Waals surface area contributed by atoms with E-state index >= 15 is 0 Å². The molecule has 5 heteroatoms. The van der Waals surface area contributed by atoms with Gasteiger partial charge in [0.05, 0.1) is 5.88 Å². The number of alkyl halides is 1. The smallest absolute Gasteiger partial charge is 0.160 e. The summed E-state index contributed by atoms with van der Waals surface area (Å²) in [7, 11) is 0. The van der Waals surface area contributed by atoms with Gasteiger partial charge in [-0.2, -0.15) is 0 Å². The lowest BCUT2D eigenvalue weighted by Crippen LogP contribution is -2.18. The summed E-state index contributed by atoms with van der Waals surface area (Å²) in [6.45, 7) is 2.35. The molecular weight excluding hydrogens is 338 g/mol. The number of imidazole rings is 1. The van der Waals surface area contributed by atoms with Crippen molar-refractivity contribution in [2.24, 2.45) is 5.92 Å². The van der Waals surface area contributed by atoms with Gasteiger partial charge in [0.1, 0.15) is 11.3 Å². The summed E-state index contributed by atoms with van der Waals surface area (Å²) in [5.41, 5.74) is 1.91. The number of nitrogens with zero attached hydrogens (tertiary/aromatic N) is 3. The Hall–Kier alpha value is -0.610. The first-order valence-corrected chi connectivity index (χ1v) is 8.61. The van der Waals surface area contributed by atoms with Crippen molar-refractivity contribution >= 4 is 38.7 Å². The van der Waals surface area contributed by atoms with Crippen LogP contribution in [0.15, 0.2) is 16.7 Å². The van der Waals surface area contributed by atoms with Crippen LogP contribution in [0, 0.1) is 5.92 Å². The van der Waals surface area contributed by atoms with E-state index in [0.717, 1.165) is 21.5 Å². The molecular formula is C15H19BrClN3. The average Bonchev–Trinajstić information content (AvgIpc) is 2.66.